The SMILES string of the molecule is CCOC(=O)CCC[N+](C)(C)CCCCCCN1C=CC(=Cc2nc3ncc(NC(C)=O)cc3o2)c2ccccc21. The molecule has 0 saturated heterocycles. The fourth-order valence-electron chi connectivity index (χ4n) is 5.10. The maximum absolute atomic E-state index is 11.6. The second-order valence-corrected chi connectivity index (χ2v) is 11.1. The molecule has 1 aromatic carbocycles. The molecule has 1 aliphatic heterocycles. The lowest BCUT2D eigenvalue weighted by molar-refractivity contribution is -0.890. The highest BCUT2D eigenvalue weighted by molar-refractivity contribution is 5.94. The molecule has 218 valence electrons. The summed E-state index contributed by atoms with van der Waals surface area (Å²) in [7, 11) is 4.48. The Balaban J connectivity index is 1.28. The Morgan fingerprint density at radius 3 is 2.68 bits per heavy atom. The monoisotopic (exact) mass is 560 g/mol. The third-order valence-corrected chi connectivity index (χ3v) is 7.18. The number of aromatic nitrogens is 2. The number of fused-ring (bicyclic) bond motifs is 2. The Morgan fingerprint density at radius 2 is 1.88 bits per heavy atom. The highest BCUT2D eigenvalue weighted by Crippen LogP contribution is 2.34. The van der Waals surface area contributed by atoms with Crippen LogP contribution in [-0.4, -0.2) is 66.7 Å². The highest BCUT2D eigenvalue weighted by Gasteiger charge is 2.18. The van der Waals surface area contributed by atoms with E-state index in [-0.39, 0.29) is 11.9 Å². The zero-order chi connectivity index (χ0) is 29.2. The molecular weight excluding hydrogens is 518 g/mol. The maximum atomic E-state index is 11.6. The molecule has 9 nitrogen and oxygen atoms in total. The fraction of sp³-hybridized carbons (Fsp3) is 0.438. The van der Waals surface area contributed by atoms with Crippen molar-refractivity contribution in [1.82, 2.24) is 9.97 Å². The number of nitrogens with zero attached hydrogens (tertiary/aromatic N) is 4. The Bertz CT molecular complexity index is 1410. The molecule has 9 heteroatoms. The van der Waals surface area contributed by atoms with E-state index < -0.39 is 0 Å². The first kappa shape index (κ1) is 30.0. The molecule has 3 heterocycles. The van der Waals surface area contributed by atoms with Gasteiger partial charge in [-0.2, -0.15) is 4.98 Å². The lowest BCUT2D eigenvalue weighted by Gasteiger charge is -2.30. The predicted octanol–water partition coefficient (Wildman–Crippen LogP) is 6.04. The number of oxazole rings is 1. The minimum Gasteiger partial charge on any atom is -0.466 e. The van der Waals surface area contributed by atoms with Crippen LogP contribution in [0.3, 0.4) is 0 Å². The van der Waals surface area contributed by atoms with Crippen LogP contribution in [0.4, 0.5) is 11.4 Å². The Morgan fingerprint density at radius 1 is 1.10 bits per heavy atom. The van der Waals surface area contributed by atoms with Crippen LogP contribution in [0.25, 0.3) is 22.9 Å². The molecule has 0 bridgehead atoms. The molecule has 2 aromatic heterocycles. The average molecular weight is 561 g/mol. The number of ether oxygens (including phenoxy) is 1. The summed E-state index contributed by atoms with van der Waals surface area (Å²) >= 11 is 0. The van der Waals surface area contributed by atoms with E-state index in [1.807, 2.05) is 19.1 Å². The Hall–Kier alpha value is -3.98. The largest absolute Gasteiger partial charge is 0.466 e. The number of hydrogen-bond acceptors (Lipinski definition) is 7. The van der Waals surface area contributed by atoms with Gasteiger partial charge in [-0.15, -0.1) is 0 Å². The normalized spacial score (nSPS) is 14.0. The van der Waals surface area contributed by atoms with Crippen LogP contribution in [0.2, 0.25) is 0 Å². The van der Waals surface area contributed by atoms with Crippen molar-refractivity contribution < 1.29 is 23.2 Å². The lowest BCUT2D eigenvalue weighted by Crippen LogP contribution is -2.41. The summed E-state index contributed by atoms with van der Waals surface area (Å²) in [5.74, 6) is 0.215. The van der Waals surface area contributed by atoms with Gasteiger partial charge in [0.15, 0.2) is 11.2 Å². The van der Waals surface area contributed by atoms with Gasteiger partial charge in [-0.1, -0.05) is 24.6 Å². The smallest absolute Gasteiger partial charge is 0.305 e. The van der Waals surface area contributed by atoms with Crippen LogP contribution >= 0.6 is 0 Å². The summed E-state index contributed by atoms with van der Waals surface area (Å²) in [5.41, 5.74) is 4.92. The molecule has 0 saturated carbocycles. The molecule has 41 heavy (non-hydrogen) atoms. The fourth-order valence-corrected chi connectivity index (χ4v) is 5.10. The van der Waals surface area contributed by atoms with Crippen molar-refractivity contribution in [2.45, 2.75) is 52.4 Å². The number of carbonyl (C=O) groups is 2. The second-order valence-electron chi connectivity index (χ2n) is 11.1. The number of esters is 1. The number of benzene rings is 1. The van der Waals surface area contributed by atoms with Gasteiger partial charge in [-0.25, -0.2) is 4.98 Å². The van der Waals surface area contributed by atoms with Crippen molar-refractivity contribution in [1.29, 1.82) is 0 Å². The van der Waals surface area contributed by atoms with Crippen LogP contribution in [0.1, 0.15) is 63.8 Å². The molecule has 1 amide bonds. The quantitative estimate of drug-likeness (QED) is 0.146. The number of unbranched alkanes of at least 4 members (excludes halogenated alkanes) is 3. The van der Waals surface area contributed by atoms with E-state index in [1.54, 1.807) is 12.3 Å². The molecule has 0 radical (unpaired) electrons. The van der Waals surface area contributed by atoms with Gasteiger partial charge in [0, 0.05) is 49.5 Å². The number of amides is 1. The predicted molar refractivity (Wildman–Crippen MR) is 163 cm³/mol. The van der Waals surface area contributed by atoms with Gasteiger partial charge in [0.1, 0.15) is 0 Å². The Labute approximate surface area is 242 Å². The highest BCUT2D eigenvalue weighted by atomic mass is 16.5. The maximum Gasteiger partial charge on any atom is 0.305 e. The van der Waals surface area contributed by atoms with Crippen LogP contribution in [0.15, 0.2) is 53.2 Å². The van der Waals surface area contributed by atoms with E-state index in [9.17, 15) is 9.59 Å². The van der Waals surface area contributed by atoms with E-state index in [0.29, 0.717) is 35.8 Å². The van der Waals surface area contributed by atoms with E-state index in [4.69, 9.17) is 9.15 Å². The molecule has 1 N–H and O–H groups in total. The molecule has 0 atom stereocenters. The molecule has 0 spiro atoms. The molecule has 0 unspecified atom stereocenters. The summed E-state index contributed by atoms with van der Waals surface area (Å²) in [4.78, 5) is 34.1. The topological polar surface area (TPSA) is 97.6 Å². The number of quaternary nitrogens is 1. The molecule has 3 aromatic rings. The van der Waals surface area contributed by atoms with Crippen molar-refractivity contribution in [3.8, 4) is 0 Å². The first-order valence-electron chi connectivity index (χ1n) is 14.5. The minimum atomic E-state index is -0.163. The summed E-state index contributed by atoms with van der Waals surface area (Å²) in [5, 5.41) is 2.72. The van der Waals surface area contributed by atoms with Crippen LogP contribution < -0.4 is 10.2 Å². The number of allylic oxidation sites excluding steroid dienone is 2. The number of anilines is 2. The van der Waals surface area contributed by atoms with Crippen molar-refractivity contribution in [2.24, 2.45) is 0 Å². The molecule has 0 aliphatic carbocycles. The standard InChI is InChI=1S/C32H41N5O4/c1-5-40-31(39)15-12-20-37(3,4)19-11-7-6-10-17-36-18-16-25(27-13-8-9-14-28(27)36)21-30-35-32-29(41-30)22-26(23-33-32)34-24(2)38/h8-9,13-14,16,18,21-23H,5-7,10-12,15,17,19-20H2,1-4H3/p+1. The first-order chi connectivity index (χ1) is 19.7. The van der Waals surface area contributed by atoms with Crippen LogP contribution in [0.5, 0.6) is 0 Å². The number of rotatable bonds is 14. The third-order valence-electron chi connectivity index (χ3n) is 7.18. The number of pyridine rings is 1. The molecule has 4 rings (SSSR count). The van der Waals surface area contributed by atoms with Gasteiger partial charge in [0.05, 0.1) is 52.1 Å². The van der Waals surface area contributed by atoms with Gasteiger partial charge < -0.3 is 23.9 Å². The van der Waals surface area contributed by atoms with Gasteiger partial charge >= 0.3 is 5.97 Å². The van der Waals surface area contributed by atoms with E-state index in [2.05, 4.69) is 64.8 Å². The van der Waals surface area contributed by atoms with E-state index in [1.165, 1.54) is 31.9 Å². The van der Waals surface area contributed by atoms with Crippen molar-refractivity contribution in [3.05, 3.63) is 60.3 Å². The summed E-state index contributed by atoms with van der Waals surface area (Å²) in [6.07, 6.45) is 13.8. The zero-order valence-corrected chi connectivity index (χ0v) is 24.7. The van der Waals surface area contributed by atoms with Crippen molar-refractivity contribution >= 4 is 46.1 Å². The second kappa shape index (κ2) is 14.1. The average Bonchev–Trinajstić information content (AvgIpc) is 3.33. The number of nitrogens with one attached hydrogen (secondary N) is 1. The van der Waals surface area contributed by atoms with Gasteiger partial charge in [-0.3, -0.25) is 9.59 Å². The molecule has 1 aliphatic rings. The van der Waals surface area contributed by atoms with Crippen molar-refractivity contribution in [3.63, 3.8) is 0 Å². The molecule has 0 fully saturated rings. The Kier molecular flexibility index (Phi) is 10.3. The van der Waals surface area contributed by atoms with Crippen LogP contribution in [0, 0.1) is 0 Å². The summed E-state index contributed by atoms with van der Waals surface area (Å²) in [6, 6.07) is 10.1. The van der Waals surface area contributed by atoms with E-state index >= 15 is 0 Å². The minimum absolute atomic E-state index is 0.0923. The summed E-state index contributed by atoms with van der Waals surface area (Å²) < 4.78 is 11.9. The number of para-hydroxylation sites is 1. The number of carbonyl (C=O) groups excluding carboxylic acids is 2. The van der Waals surface area contributed by atoms with Crippen molar-refractivity contribution in [2.75, 3.05) is 50.6 Å². The first-order valence-corrected chi connectivity index (χ1v) is 14.5. The molecular formula is C32H42N5O4+. The summed E-state index contributed by atoms with van der Waals surface area (Å²) in [6.45, 7) is 6.81. The third kappa shape index (κ3) is 8.75. The van der Waals surface area contributed by atoms with Crippen LogP contribution in [-0.2, 0) is 14.3 Å². The lowest BCUT2D eigenvalue weighted by atomic mass is 9.99. The van der Waals surface area contributed by atoms with E-state index in [0.717, 1.165) is 48.1 Å². The van der Waals surface area contributed by atoms with Gasteiger partial charge in [0.2, 0.25) is 11.8 Å². The van der Waals surface area contributed by atoms with Gasteiger partial charge in [-0.05, 0) is 43.9 Å². The number of hydrogen-bond donors (Lipinski definition) is 1. The van der Waals surface area contributed by atoms with Gasteiger partial charge in [0.25, 0.3) is 0 Å². The zero-order valence-electron chi connectivity index (χ0n) is 24.7.